The quantitative estimate of drug-likeness (QED) is 0.122. The van der Waals surface area contributed by atoms with Crippen molar-refractivity contribution in [3.63, 3.8) is 0 Å². The lowest BCUT2D eigenvalue weighted by molar-refractivity contribution is 1.26. The minimum absolute atomic E-state index is 0.824. The third-order valence-electron chi connectivity index (χ3n) is 14.4. The Morgan fingerprint density at radius 1 is 0.197 bits per heavy atom. The summed E-state index contributed by atoms with van der Waals surface area (Å²) in [5, 5.41) is 0. The zero-order valence-corrected chi connectivity index (χ0v) is 43.2. The topological polar surface area (TPSA) is 32.3 Å². The maximum Gasteiger partial charge on any atom is 0.0973 e. The maximum absolute atomic E-state index is 5.34. The Bertz CT molecular complexity index is 3480. The molecule has 0 aliphatic carbocycles. The van der Waals surface area contributed by atoms with Crippen molar-refractivity contribution in [2.45, 2.75) is 27.7 Å². The van der Waals surface area contributed by atoms with Crippen LogP contribution in [0.4, 0.5) is 34.1 Å². The summed E-state index contributed by atoms with van der Waals surface area (Å²) in [6, 6.07) is 96.0. The van der Waals surface area contributed by atoms with Gasteiger partial charge in [-0.1, -0.05) is 204 Å². The highest BCUT2D eigenvalue weighted by molar-refractivity contribution is 5.89. The molecular formula is C72H56N4. The Morgan fingerprint density at radius 2 is 0.368 bits per heavy atom. The van der Waals surface area contributed by atoms with E-state index in [2.05, 4.69) is 280 Å². The molecule has 0 spiro atoms. The van der Waals surface area contributed by atoms with Crippen molar-refractivity contribution in [2.24, 2.45) is 0 Å². The lowest BCUT2D eigenvalue weighted by Crippen LogP contribution is -2.10. The van der Waals surface area contributed by atoms with Crippen molar-refractivity contribution in [1.82, 2.24) is 9.97 Å². The molecule has 0 saturated carbocycles. The van der Waals surface area contributed by atoms with Crippen LogP contribution >= 0.6 is 0 Å². The highest BCUT2D eigenvalue weighted by Crippen LogP contribution is 2.41. The van der Waals surface area contributed by atoms with E-state index in [1.807, 2.05) is 24.3 Å². The molecule has 0 N–H and O–H groups in total. The Labute approximate surface area is 446 Å². The fraction of sp³-hybridized carbons (Fsp3) is 0.0556. The van der Waals surface area contributed by atoms with Gasteiger partial charge in [-0.3, -0.25) is 0 Å². The molecule has 4 nitrogen and oxygen atoms in total. The maximum atomic E-state index is 5.34. The first-order valence-electron chi connectivity index (χ1n) is 26.0. The summed E-state index contributed by atoms with van der Waals surface area (Å²) in [5.41, 5.74) is 26.1. The number of nitrogens with zero attached hydrogens (tertiary/aromatic N) is 4. The van der Waals surface area contributed by atoms with E-state index in [1.54, 1.807) is 0 Å². The van der Waals surface area contributed by atoms with Crippen molar-refractivity contribution >= 4 is 45.2 Å². The van der Waals surface area contributed by atoms with Crippen molar-refractivity contribution in [3.8, 4) is 67.0 Å². The molecule has 0 fully saturated rings. The molecule has 1 heterocycles. The standard InChI is InChI=1S/C72H56N4/c1-49-9-17-53(18-10-49)57-25-37-63(38-26-57)75(64-39-27-58(28-40-64)54-19-11-50(2)12-20-54)67-45-33-61(34-46-67)71-72(74-70-8-6-5-7-69(70)73-71)62-35-47-68(48-36-62)76(65-41-29-59(30-42-65)55-21-13-51(3)14-22-55)66-43-31-60(32-44-66)56-23-15-52(4)16-24-56/h5-48H,1-4H3. The van der Waals surface area contributed by atoms with E-state index >= 15 is 0 Å². The average molecular weight is 977 g/mol. The molecule has 11 aromatic carbocycles. The van der Waals surface area contributed by atoms with E-state index in [1.165, 1.54) is 66.8 Å². The Balaban J connectivity index is 0.903. The summed E-state index contributed by atoms with van der Waals surface area (Å²) in [5.74, 6) is 0. The van der Waals surface area contributed by atoms with E-state index in [-0.39, 0.29) is 0 Å². The number of fused-ring (bicyclic) bond motifs is 1. The fourth-order valence-corrected chi connectivity index (χ4v) is 10.0. The van der Waals surface area contributed by atoms with Gasteiger partial charge in [0, 0.05) is 45.3 Å². The summed E-state index contributed by atoms with van der Waals surface area (Å²) < 4.78 is 0. The van der Waals surface area contributed by atoms with Crippen LogP contribution in [0.1, 0.15) is 22.3 Å². The van der Waals surface area contributed by atoms with E-state index in [0.717, 1.165) is 67.7 Å². The first kappa shape index (κ1) is 47.4. The number of anilines is 6. The van der Waals surface area contributed by atoms with Gasteiger partial charge in [-0.05, 0) is 157 Å². The first-order chi connectivity index (χ1) is 37.3. The molecule has 4 heteroatoms. The molecule has 0 unspecified atom stereocenters. The molecule has 0 radical (unpaired) electrons. The van der Waals surface area contributed by atoms with Crippen LogP contribution in [0.25, 0.3) is 78.1 Å². The predicted molar refractivity (Wildman–Crippen MR) is 320 cm³/mol. The SMILES string of the molecule is Cc1ccc(-c2ccc(N(c3ccc(-c4ccc(C)cc4)cc3)c3ccc(-c4nc5ccccc5nc4-c4ccc(N(c5ccc(-c6ccc(C)cc6)cc5)c5ccc(-c6ccc(C)cc6)cc5)cc4)cc3)cc2)cc1. The third kappa shape index (κ3) is 9.92. The van der Waals surface area contributed by atoms with Crippen LogP contribution in [0.15, 0.2) is 267 Å². The third-order valence-corrected chi connectivity index (χ3v) is 14.4. The van der Waals surface area contributed by atoms with Gasteiger partial charge in [0.05, 0.1) is 22.4 Å². The Morgan fingerprint density at radius 3 is 0.566 bits per heavy atom. The van der Waals surface area contributed by atoms with E-state index in [9.17, 15) is 0 Å². The number of benzene rings is 11. The first-order valence-corrected chi connectivity index (χ1v) is 26.0. The predicted octanol–water partition coefficient (Wildman–Crippen LogP) is 19.8. The number of hydrogen-bond acceptors (Lipinski definition) is 4. The molecule has 0 amide bonds. The molecule has 0 bridgehead atoms. The second kappa shape index (κ2) is 20.7. The van der Waals surface area contributed by atoms with Gasteiger partial charge >= 0.3 is 0 Å². The highest BCUT2D eigenvalue weighted by atomic mass is 15.1. The zero-order chi connectivity index (χ0) is 51.5. The van der Waals surface area contributed by atoms with Crippen molar-refractivity contribution in [2.75, 3.05) is 9.80 Å². The number of rotatable bonds is 12. The molecule has 0 aliphatic rings. The fourth-order valence-electron chi connectivity index (χ4n) is 10.0. The van der Waals surface area contributed by atoms with Gasteiger partial charge < -0.3 is 9.80 Å². The summed E-state index contributed by atoms with van der Waals surface area (Å²) in [4.78, 5) is 15.3. The minimum atomic E-state index is 0.824. The lowest BCUT2D eigenvalue weighted by Gasteiger charge is -2.26. The van der Waals surface area contributed by atoms with Crippen LogP contribution in [0.2, 0.25) is 0 Å². The summed E-state index contributed by atoms with van der Waals surface area (Å²) in [7, 11) is 0. The van der Waals surface area contributed by atoms with Gasteiger partial charge in [-0.15, -0.1) is 0 Å². The van der Waals surface area contributed by atoms with E-state index in [4.69, 9.17) is 9.97 Å². The van der Waals surface area contributed by atoms with Gasteiger partial charge in [0.15, 0.2) is 0 Å². The number of para-hydroxylation sites is 2. The average Bonchev–Trinajstić information content (AvgIpc) is 3.47. The van der Waals surface area contributed by atoms with Crippen molar-refractivity contribution in [1.29, 1.82) is 0 Å². The van der Waals surface area contributed by atoms with Gasteiger partial charge in [0.25, 0.3) is 0 Å². The minimum Gasteiger partial charge on any atom is -0.311 e. The molecule has 12 rings (SSSR count). The Kier molecular flexibility index (Phi) is 12.9. The lowest BCUT2D eigenvalue weighted by atomic mass is 10.0. The largest absolute Gasteiger partial charge is 0.311 e. The number of hydrogen-bond donors (Lipinski definition) is 0. The smallest absolute Gasteiger partial charge is 0.0973 e. The second-order valence-electron chi connectivity index (χ2n) is 19.8. The van der Waals surface area contributed by atoms with Gasteiger partial charge in [0.1, 0.15) is 0 Å². The van der Waals surface area contributed by atoms with E-state index in [0.29, 0.717) is 0 Å². The normalized spacial score (nSPS) is 11.2. The molecule has 0 atom stereocenters. The number of aromatic nitrogens is 2. The summed E-state index contributed by atoms with van der Waals surface area (Å²) in [6.07, 6.45) is 0. The highest BCUT2D eigenvalue weighted by Gasteiger charge is 2.19. The van der Waals surface area contributed by atoms with Gasteiger partial charge in [-0.2, -0.15) is 0 Å². The second-order valence-corrected chi connectivity index (χ2v) is 19.8. The van der Waals surface area contributed by atoms with Crippen LogP contribution in [0, 0.1) is 27.7 Å². The van der Waals surface area contributed by atoms with Crippen LogP contribution in [-0.2, 0) is 0 Å². The van der Waals surface area contributed by atoms with Crippen LogP contribution in [0.5, 0.6) is 0 Å². The van der Waals surface area contributed by atoms with Gasteiger partial charge in [0.2, 0.25) is 0 Å². The Hall–Kier alpha value is -9.64. The zero-order valence-electron chi connectivity index (χ0n) is 43.2. The van der Waals surface area contributed by atoms with Crippen LogP contribution in [0.3, 0.4) is 0 Å². The summed E-state index contributed by atoms with van der Waals surface area (Å²) in [6.45, 7) is 8.50. The summed E-state index contributed by atoms with van der Waals surface area (Å²) >= 11 is 0. The monoisotopic (exact) mass is 976 g/mol. The van der Waals surface area contributed by atoms with Crippen LogP contribution < -0.4 is 9.80 Å². The number of aryl methyl sites for hydroxylation is 4. The van der Waals surface area contributed by atoms with Gasteiger partial charge in [-0.25, -0.2) is 9.97 Å². The molecule has 12 aromatic rings. The molecule has 76 heavy (non-hydrogen) atoms. The van der Waals surface area contributed by atoms with Crippen LogP contribution in [-0.4, -0.2) is 9.97 Å². The molecule has 0 aliphatic heterocycles. The van der Waals surface area contributed by atoms with Crippen molar-refractivity contribution in [3.05, 3.63) is 289 Å². The molecule has 1 aromatic heterocycles. The molecule has 364 valence electrons. The van der Waals surface area contributed by atoms with Crippen molar-refractivity contribution < 1.29 is 0 Å². The molecular weight excluding hydrogens is 921 g/mol. The van der Waals surface area contributed by atoms with E-state index < -0.39 is 0 Å². The molecule has 0 saturated heterocycles.